The number of rotatable bonds is 5. The van der Waals surface area contributed by atoms with Crippen molar-refractivity contribution in [1.29, 1.82) is 5.26 Å². The lowest BCUT2D eigenvalue weighted by atomic mass is 9.95. The van der Waals surface area contributed by atoms with Gasteiger partial charge in [0.1, 0.15) is 5.75 Å². The van der Waals surface area contributed by atoms with Crippen LogP contribution in [0.2, 0.25) is 0 Å². The lowest BCUT2D eigenvalue weighted by Gasteiger charge is -2.30. The molecule has 1 saturated heterocycles. The van der Waals surface area contributed by atoms with E-state index in [9.17, 15) is 4.79 Å². The quantitative estimate of drug-likeness (QED) is 0.807. The topological polar surface area (TPSA) is 68.9 Å². The number of nitriles is 1. The minimum absolute atomic E-state index is 0.0790. The molecule has 2 aromatic rings. The summed E-state index contributed by atoms with van der Waals surface area (Å²) in [7, 11) is 1.64. The summed E-state index contributed by atoms with van der Waals surface area (Å²) >= 11 is 0. The fourth-order valence-electron chi connectivity index (χ4n) is 3.73. The Hall–Kier alpha value is -3.17. The largest absolute Gasteiger partial charge is 0.497 e. The number of hydrogen-bond acceptors (Lipinski definition) is 5. The number of benzene rings is 2. The van der Waals surface area contributed by atoms with Gasteiger partial charge in [0.05, 0.1) is 36.9 Å². The van der Waals surface area contributed by atoms with Crippen molar-refractivity contribution < 1.29 is 9.53 Å². The Labute approximate surface area is 164 Å². The van der Waals surface area contributed by atoms with E-state index in [1.54, 1.807) is 12.1 Å². The number of nitrogens with zero attached hydrogens (tertiary/aromatic N) is 4. The number of amides is 1. The lowest BCUT2D eigenvalue weighted by Crippen LogP contribution is -2.42. The van der Waals surface area contributed by atoms with Crippen LogP contribution in [0, 0.1) is 17.2 Å². The third kappa shape index (κ3) is 3.75. The van der Waals surface area contributed by atoms with Crippen LogP contribution in [0.1, 0.15) is 23.1 Å². The van der Waals surface area contributed by atoms with Gasteiger partial charge in [-0.2, -0.15) is 10.4 Å². The smallest absolute Gasteiger partial charge is 0.253 e. The Morgan fingerprint density at radius 2 is 1.79 bits per heavy atom. The molecule has 4 rings (SSSR count). The molecular weight excluding hydrogens is 352 g/mol. The highest BCUT2D eigenvalue weighted by atomic mass is 16.5. The number of ether oxygens (including phenoxy) is 1. The van der Waals surface area contributed by atoms with Gasteiger partial charge in [0, 0.05) is 26.1 Å². The molecule has 6 nitrogen and oxygen atoms in total. The molecule has 2 heterocycles. The van der Waals surface area contributed by atoms with E-state index >= 15 is 0 Å². The number of piperidine rings is 1. The SMILES string of the molecule is COc1ccc(CN2N=C3CCN(Cc4ccc(C#N)cc4)CC3C2=O)cc1. The molecule has 0 bridgehead atoms. The van der Waals surface area contributed by atoms with E-state index in [-0.39, 0.29) is 11.8 Å². The molecule has 0 aromatic heterocycles. The zero-order valence-corrected chi connectivity index (χ0v) is 15.8. The summed E-state index contributed by atoms with van der Waals surface area (Å²) in [6.07, 6.45) is 0.811. The standard InChI is InChI=1S/C22H22N4O2/c1-28-19-8-6-18(7-9-19)14-26-22(27)20-15-25(11-10-21(20)24-26)13-17-4-2-16(12-23)3-5-17/h2-9,20H,10-11,13-15H2,1H3. The first-order chi connectivity index (χ1) is 13.7. The van der Waals surface area contributed by atoms with Gasteiger partial charge in [-0.1, -0.05) is 24.3 Å². The molecule has 28 heavy (non-hydrogen) atoms. The maximum Gasteiger partial charge on any atom is 0.253 e. The number of carbonyl (C=O) groups excluding carboxylic acids is 1. The zero-order chi connectivity index (χ0) is 19.5. The zero-order valence-electron chi connectivity index (χ0n) is 15.8. The first kappa shape index (κ1) is 18.2. The molecule has 142 valence electrons. The van der Waals surface area contributed by atoms with Crippen molar-refractivity contribution in [2.75, 3.05) is 20.2 Å². The molecule has 0 radical (unpaired) electrons. The van der Waals surface area contributed by atoms with E-state index < -0.39 is 0 Å². The average molecular weight is 374 g/mol. The summed E-state index contributed by atoms with van der Waals surface area (Å²) in [5, 5.41) is 15.1. The fourth-order valence-corrected chi connectivity index (χ4v) is 3.73. The number of likely N-dealkylation sites (tertiary alicyclic amines) is 1. The van der Waals surface area contributed by atoms with Crippen LogP contribution in [0.25, 0.3) is 0 Å². The van der Waals surface area contributed by atoms with Gasteiger partial charge in [0.2, 0.25) is 0 Å². The van der Waals surface area contributed by atoms with Crippen LogP contribution in [0.5, 0.6) is 5.75 Å². The maximum absolute atomic E-state index is 12.9. The molecule has 2 aromatic carbocycles. The highest BCUT2D eigenvalue weighted by Crippen LogP contribution is 2.26. The van der Waals surface area contributed by atoms with Crippen LogP contribution in [-0.4, -0.2) is 41.7 Å². The van der Waals surface area contributed by atoms with Crippen molar-refractivity contribution in [3.63, 3.8) is 0 Å². The molecule has 1 unspecified atom stereocenters. The molecule has 6 heteroatoms. The predicted octanol–water partition coefficient (Wildman–Crippen LogP) is 2.79. The number of hydrogen-bond donors (Lipinski definition) is 0. The number of hydrazone groups is 1. The Balaban J connectivity index is 1.38. The third-order valence-corrected chi connectivity index (χ3v) is 5.31. The average Bonchev–Trinajstić information content (AvgIpc) is 3.04. The molecule has 1 fully saturated rings. The minimum Gasteiger partial charge on any atom is -0.497 e. The van der Waals surface area contributed by atoms with Crippen LogP contribution in [0.15, 0.2) is 53.6 Å². The minimum atomic E-state index is -0.148. The molecule has 1 amide bonds. The molecular formula is C22H22N4O2. The number of methoxy groups -OCH3 is 1. The molecule has 2 aliphatic rings. The molecule has 0 saturated carbocycles. The van der Waals surface area contributed by atoms with Crippen LogP contribution in [0.4, 0.5) is 0 Å². The van der Waals surface area contributed by atoms with Crippen LogP contribution in [0.3, 0.4) is 0 Å². The normalized spacial score (nSPS) is 19.1. The highest BCUT2D eigenvalue weighted by Gasteiger charge is 2.39. The van der Waals surface area contributed by atoms with E-state index in [4.69, 9.17) is 10.00 Å². The number of carbonyl (C=O) groups is 1. The van der Waals surface area contributed by atoms with E-state index in [0.29, 0.717) is 18.7 Å². The van der Waals surface area contributed by atoms with Crippen LogP contribution >= 0.6 is 0 Å². The summed E-state index contributed by atoms with van der Waals surface area (Å²) in [5.41, 5.74) is 3.85. The van der Waals surface area contributed by atoms with Crippen molar-refractivity contribution >= 4 is 11.6 Å². The molecule has 1 atom stereocenters. The van der Waals surface area contributed by atoms with Gasteiger partial charge >= 0.3 is 0 Å². The fraction of sp³-hybridized carbons (Fsp3) is 0.318. The molecule has 0 spiro atoms. The van der Waals surface area contributed by atoms with Crippen molar-refractivity contribution in [1.82, 2.24) is 9.91 Å². The van der Waals surface area contributed by atoms with Gasteiger partial charge in [-0.05, 0) is 35.4 Å². The molecule has 0 aliphatic carbocycles. The second-order valence-electron chi connectivity index (χ2n) is 7.18. The summed E-state index contributed by atoms with van der Waals surface area (Å²) in [4.78, 5) is 15.2. The van der Waals surface area contributed by atoms with Gasteiger partial charge in [-0.25, -0.2) is 5.01 Å². The van der Waals surface area contributed by atoms with Gasteiger partial charge in [-0.15, -0.1) is 0 Å². The van der Waals surface area contributed by atoms with E-state index in [0.717, 1.165) is 42.1 Å². The predicted molar refractivity (Wildman–Crippen MR) is 106 cm³/mol. The Morgan fingerprint density at radius 1 is 1.11 bits per heavy atom. The van der Waals surface area contributed by atoms with E-state index in [1.165, 1.54) is 0 Å². The first-order valence-electron chi connectivity index (χ1n) is 9.39. The number of fused-ring (bicyclic) bond motifs is 1. The van der Waals surface area contributed by atoms with E-state index in [1.807, 2.05) is 48.5 Å². The van der Waals surface area contributed by atoms with Crippen molar-refractivity contribution in [2.45, 2.75) is 19.5 Å². The highest BCUT2D eigenvalue weighted by molar-refractivity contribution is 6.08. The summed E-state index contributed by atoms with van der Waals surface area (Å²) < 4.78 is 5.18. The summed E-state index contributed by atoms with van der Waals surface area (Å²) in [6.45, 7) is 2.84. The monoisotopic (exact) mass is 374 g/mol. The van der Waals surface area contributed by atoms with E-state index in [2.05, 4.69) is 16.1 Å². The summed E-state index contributed by atoms with van der Waals surface area (Å²) in [6, 6.07) is 17.5. The Bertz CT molecular complexity index is 929. The second-order valence-corrected chi connectivity index (χ2v) is 7.18. The van der Waals surface area contributed by atoms with Crippen molar-refractivity contribution in [3.8, 4) is 11.8 Å². The van der Waals surface area contributed by atoms with Gasteiger partial charge in [0.25, 0.3) is 5.91 Å². The first-order valence-corrected chi connectivity index (χ1v) is 9.39. The Morgan fingerprint density at radius 3 is 2.46 bits per heavy atom. The lowest BCUT2D eigenvalue weighted by molar-refractivity contribution is -0.133. The molecule has 0 N–H and O–H groups in total. The Kier molecular flexibility index (Phi) is 5.09. The van der Waals surface area contributed by atoms with Crippen LogP contribution in [-0.2, 0) is 17.9 Å². The van der Waals surface area contributed by atoms with Gasteiger partial charge in [-0.3, -0.25) is 9.69 Å². The van der Waals surface area contributed by atoms with Gasteiger partial charge in [0.15, 0.2) is 0 Å². The third-order valence-electron chi connectivity index (χ3n) is 5.31. The summed E-state index contributed by atoms with van der Waals surface area (Å²) in [5.74, 6) is 0.732. The second kappa shape index (κ2) is 7.83. The maximum atomic E-state index is 12.9. The van der Waals surface area contributed by atoms with Crippen molar-refractivity contribution in [2.24, 2.45) is 11.0 Å². The van der Waals surface area contributed by atoms with Crippen LogP contribution < -0.4 is 4.74 Å². The van der Waals surface area contributed by atoms with Crippen molar-refractivity contribution in [3.05, 3.63) is 65.2 Å². The molecule has 2 aliphatic heterocycles. The van der Waals surface area contributed by atoms with Gasteiger partial charge < -0.3 is 4.74 Å².